The van der Waals surface area contributed by atoms with Crippen molar-refractivity contribution in [2.45, 2.75) is 62.4 Å². The molecule has 208 valence electrons. The van der Waals surface area contributed by atoms with E-state index in [-0.39, 0.29) is 34.4 Å². The minimum absolute atomic E-state index is 0.0173. The second kappa shape index (κ2) is 9.66. The summed E-state index contributed by atoms with van der Waals surface area (Å²) in [7, 11) is 1.32. The van der Waals surface area contributed by atoms with E-state index >= 15 is 0 Å². The number of Topliss-reactive ketones (excluding diaryl/α,β-unsaturated/α-hetero) is 1. The number of carbonyl (C=O) groups excluding carboxylic acids is 3. The number of aliphatic hydroxyl groups is 3. The minimum Gasteiger partial charge on any atom is -0.507 e. The number of ether oxygens (including phenoxy) is 3. The Hall–Kier alpha value is -3.39. The summed E-state index contributed by atoms with van der Waals surface area (Å²) in [5.74, 6) is -3.77. The molecule has 3 aliphatic rings. The van der Waals surface area contributed by atoms with Crippen LogP contribution in [0.2, 0.25) is 0 Å². The number of benzene rings is 2. The molecule has 39 heavy (non-hydrogen) atoms. The van der Waals surface area contributed by atoms with Crippen LogP contribution in [0.4, 0.5) is 0 Å². The van der Waals surface area contributed by atoms with Crippen LogP contribution in [0.1, 0.15) is 68.8 Å². The number of phenols is 2. The van der Waals surface area contributed by atoms with E-state index in [2.05, 4.69) is 0 Å². The van der Waals surface area contributed by atoms with Crippen LogP contribution in [0.3, 0.4) is 0 Å². The smallest absolute Gasteiger partial charge is 0.202 e. The number of aromatic hydroxyl groups is 2. The van der Waals surface area contributed by atoms with E-state index in [1.165, 1.54) is 25.3 Å². The highest BCUT2D eigenvalue weighted by Gasteiger charge is 2.50. The Bertz CT molecular complexity index is 1380. The quantitative estimate of drug-likeness (QED) is 0.235. The molecule has 2 aliphatic carbocycles. The Morgan fingerprint density at radius 3 is 2.49 bits per heavy atom. The number of methoxy groups -OCH3 is 1. The molecule has 0 bridgehead atoms. The monoisotopic (exact) mass is 543 g/mol. The molecule has 2 aromatic rings. The summed E-state index contributed by atoms with van der Waals surface area (Å²) >= 11 is 0. The van der Waals surface area contributed by atoms with E-state index in [0.29, 0.717) is 0 Å². The average Bonchev–Trinajstić information content (AvgIpc) is 2.90. The number of aliphatic hydroxyl groups excluding tert-OH is 2. The van der Waals surface area contributed by atoms with Crippen molar-refractivity contribution < 1.29 is 54.1 Å². The van der Waals surface area contributed by atoms with Gasteiger partial charge in [-0.05, 0) is 13.0 Å². The predicted octanol–water partition coefficient (Wildman–Crippen LogP) is 0.00130. The third-order valence-electron chi connectivity index (χ3n) is 7.81. The SMILES string of the molecule is COc1cccc2c1C(=O)c1c(O)c3c(c(O)c1C2=O)C[C@](O)(C(=O)CO)CC3O[C@H]1C[C@@H](N)[C@@H](O)[C@@H](C)O1. The van der Waals surface area contributed by atoms with Crippen LogP contribution in [-0.2, 0) is 20.7 Å². The van der Waals surface area contributed by atoms with Crippen molar-refractivity contribution in [3.63, 3.8) is 0 Å². The molecule has 1 heterocycles. The van der Waals surface area contributed by atoms with E-state index < -0.39 is 95.7 Å². The Labute approximate surface area is 222 Å². The van der Waals surface area contributed by atoms with Gasteiger partial charge in [-0.1, -0.05) is 12.1 Å². The van der Waals surface area contributed by atoms with Gasteiger partial charge in [-0.2, -0.15) is 0 Å². The Morgan fingerprint density at radius 2 is 1.85 bits per heavy atom. The van der Waals surface area contributed by atoms with Gasteiger partial charge < -0.3 is 45.5 Å². The lowest BCUT2D eigenvalue weighted by atomic mass is 9.72. The van der Waals surface area contributed by atoms with Gasteiger partial charge in [-0.25, -0.2) is 0 Å². The average molecular weight is 544 g/mol. The van der Waals surface area contributed by atoms with Crippen molar-refractivity contribution >= 4 is 17.3 Å². The molecule has 0 spiro atoms. The third-order valence-corrected chi connectivity index (χ3v) is 7.81. The lowest BCUT2D eigenvalue weighted by molar-refractivity contribution is -0.247. The molecule has 1 saturated heterocycles. The third kappa shape index (κ3) is 4.11. The molecule has 0 aromatic heterocycles. The molecule has 1 aliphatic heterocycles. The van der Waals surface area contributed by atoms with Gasteiger partial charge in [0.25, 0.3) is 0 Å². The highest BCUT2D eigenvalue weighted by atomic mass is 16.7. The molecule has 6 atom stereocenters. The second-order valence-corrected chi connectivity index (χ2v) is 10.2. The molecule has 0 radical (unpaired) electrons. The molecule has 7 N–H and O–H groups in total. The van der Waals surface area contributed by atoms with E-state index in [4.69, 9.17) is 19.9 Å². The summed E-state index contributed by atoms with van der Waals surface area (Å²) in [4.78, 5) is 39.7. The normalized spacial score (nSPS) is 29.8. The van der Waals surface area contributed by atoms with E-state index in [1.54, 1.807) is 6.92 Å². The molecule has 2 aromatic carbocycles. The number of phenolic OH excluding ortho intramolecular Hbond substituents is 2. The molecule has 1 fully saturated rings. The standard InChI is InChI=1S/C27H29NO11/c1-10-22(31)13(28)6-17(38-10)39-15-8-27(36,16(30)9-29)7-12-19(15)26(35)21-20(24(12)33)23(32)11-4-3-5-14(37-2)18(11)25(21)34/h3-5,10,13,15,17,22,29,31,33,35-36H,6-9,28H2,1-2H3/t10-,13-,15?,17+,22+,27-/m1/s1. The summed E-state index contributed by atoms with van der Waals surface area (Å²) in [5.41, 5.74) is 2.37. The minimum atomic E-state index is -2.24. The van der Waals surface area contributed by atoms with Crippen LogP contribution < -0.4 is 10.5 Å². The van der Waals surface area contributed by atoms with Crippen molar-refractivity contribution in [2.24, 2.45) is 5.73 Å². The van der Waals surface area contributed by atoms with E-state index in [1.807, 2.05) is 0 Å². The van der Waals surface area contributed by atoms with Gasteiger partial charge in [0, 0.05) is 42.0 Å². The summed E-state index contributed by atoms with van der Waals surface area (Å²) in [6.07, 6.45) is -5.12. The number of nitrogens with two attached hydrogens (primary N) is 1. The summed E-state index contributed by atoms with van der Waals surface area (Å²) in [6, 6.07) is 3.64. The zero-order chi connectivity index (χ0) is 28.4. The van der Waals surface area contributed by atoms with Gasteiger partial charge in [0.2, 0.25) is 5.78 Å². The topological polar surface area (TPSA) is 206 Å². The van der Waals surface area contributed by atoms with Crippen LogP contribution >= 0.6 is 0 Å². The maximum atomic E-state index is 13.6. The Kier molecular flexibility index (Phi) is 6.74. The first-order valence-corrected chi connectivity index (χ1v) is 12.4. The van der Waals surface area contributed by atoms with E-state index in [0.717, 1.165) is 0 Å². The van der Waals surface area contributed by atoms with Crippen LogP contribution in [-0.4, -0.2) is 86.7 Å². The molecule has 1 unspecified atom stereocenters. The molecule has 12 nitrogen and oxygen atoms in total. The van der Waals surface area contributed by atoms with Gasteiger partial charge in [0.15, 0.2) is 17.9 Å². The van der Waals surface area contributed by atoms with Crippen molar-refractivity contribution in [3.05, 3.63) is 51.6 Å². The van der Waals surface area contributed by atoms with Gasteiger partial charge in [0.05, 0.1) is 42.1 Å². The molecule has 5 rings (SSSR count). The number of hydrogen-bond acceptors (Lipinski definition) is 12. The zero-order valence-electron chi connectivity index (χ0n) is 21.2. The number of hydrogen-bond donors (Lipinski definition) is 6. The maximum absolute atomic E-state index is 13.6. The van der Waals surface area contributed by atoms with Crippen molar-refractivity contribution in [1.82, 2.24) is 0 Å². The fraction of sp³-hybridized carbons (Fsp3) is 0.444. The van der Waals surface area contributed by atoms with E-state index in [9.17, 15) is 39.9 Å². The molecular formula is C27H29NO11. The molecular weight excluding hydrogens is 514 g/mol. The van der Waals surface area contributed by atoms with Crippen molar-refractivity contribution in [1.29, 1.82) is 0 Å². The maximum Gasteiger partial charge on any atom is 0.202 e. The Balaban J connectivity index is 1.69. The van der Waals surface area contributed by atoms with Crippen molar-refractivity contribution in [3.8, 4) is 17.2 Å². The number of carbonyl (C=O) groups is 3. The largest absolute Gasteiger partial charge is 0.507 e. The van der Waals surface area contributed by atoms with Gasteiger partial charge in [0.1, 0.15) is 29.5 Å². The van der Waals surface area contributed by atoms with Crippen LogP contribution in [0.25, 0.3) is 0 Å². The van der Waals surface area contributed by atoms with Crippen molar-refractivity contribution in [2.75, 3.05) is 13.7 Å². The van der Waals surface area contributed by atoms with Crippen LogP contribution in [0.5, 0.6) is 17.2 Å². The zero-order valence-corrected chi connectivity index (χ0v) is 21.2. The van der Waals surface area contributed by atoms with Gasteiger partial charge in [-0.3, -0.25) is 14.4 Å². The fourth-order valence-corrected chi connectivity index (χ4v) is 5.75. The number of rotatable bonds is 5. The Morgan fingerprint density at radius 1 is 1.15 bits per heavy atom. The van der Waals surface area contributed by atoms with Gasteiger partial charge >= 0.3 is 0 Å². The molecule has 0 amide bonds. The van der Waals surface area contributed by atoms with Crippen LogP contribution in [0, 0.1) is 0 Å². The summed E-state index contributed by atoms with van der Waals surface area (Å²) < 4.78 is 17.0. The molecule has 0 saturated carbocycles. The number of fused-ring (bicyclic) bond motifs is 3. The fourth-order valence-electron chi connectivity index (χ4n) is 5.75. The first-order valence-electron chi connectivity index (χ1n) is 12.4. The highest BCUT2D eigenvalue weighted by Crippen LogP contribution is 2.52. The number of ketones is 3. The molecule has 12 heteroatoms. The first kappa shape index (κ1) is 27.2. The first-order chi connectivity index (χ1) is 18.4. The second-order valence-electron chi connectivity index (χ2n) is 10.2. The van der Waals surface area contributed by atoms with Gasteiger partial charge in [-0.15, -0.1) is 0 Å². The summed E-state index contributed by atoms with van der Waals surface area (Å²) in [6.45, 7) is 0.560. The lowest BCUT2D eigenvalue weighted by Crippen LogP contribution is -2.53. The van der Waals surface area contributed by atoms with Crippen LogP contribution in [0.15, 0.2) is 18.2 Å². The highest BCUT2D eigenvalue weighted by molar-refractivity contribution is 6.31. The summed E-state index contributed by atoms with van der Waals surface area (Å²) in [5, 5.41) is 53.7. The predicted molar refractivity (Wildman–Crippen MR) is 132 cm³/mol. The lowest BCUT2D eigenvalue weighted by Gasteiger charge is -2.42.